The molecule has 0 bridgehead atoms. The van der Waals surface area contributed by atoms with Crippen LogP contribution in [0.5, 0.6) is 0 Å². The summed E-state index contributed by atoms with van der Waals surface area (Å²) in [6.45, 7) is 5.52. The molecule has 0 saturated carbocycles. The van der Waals surface area contributed by atoms with E-state index in [2.05, 4.69) is 6.58 Å². The minimum Gasteiger partial charge on any atom is -0.466 e. The number of halogens is 1. The SMILES string of the molecule is C=C(Cl)CCCCCOC(C)=O. The topological polar surface area (TPSA) is 26.3 Å². The van der Waals surface area contributed by atoms with E-state index in [4.69, 9.17) is 16.3 Å². The Bertz CT molecular complexity index is 137. The molecule has 0 N–H and O–H groups in total. The molecule has 0 amide bonds. The molecule has 0 spiro atoms. The van der Waals surface area contributed by atoms with Crippen molar-refractivity contribution in [1.29, 1.82) is 0 Å². The van der Waals surface area contributed by atoms with Crippen LogP contribution < -0.4 is 0 Å². The van der Waals surface area contributed by atoms with Gasteiger partial charge in [0.25, 0.3) is 0 Å². The van der Waals surface area contributed by atoms with Gasteiger partial charge in [-0.1, -0.05) is 18.2 Å². The molecule has 0 aromatic carbocycles. The lowest BCUT2D eigenvalue weighted by Crippen LogP contribution is -1.99. The van der Waals surface area contributed by atoms with E-state index in [9.17, 15) is 4.79 Å². The van der Waals surface area contributed by atoms with Crippen LogP contribution in [0, 0.1) is 0 Å². The first kappa shape index (κ1) is 11.5. The van der Waals surface area contributed by atoms with Crippen molar-refractivity contribution >= 4 is 17.6 Å². The van der Waals surface area contributed by atoms with E-state index in [-0.39, 0.29) is 5.97 Å². The van der Waals surface area contributed by atoms with E-state index < -0.39 is 0 Å². The van der Waals surface area contributed by atoms with E-state index in [0.29, 0.717) is 11.6 Å². The Morgan fingerprint density at radius 2 is 2.08 bits per heavy atom. The molecule has 0 rings (SSSR count). The van der Waals surface area contributed by atoms with E-state index in [1.807, 2.05) is 0 Å². The molecule has 0 atom stereocenters. The molecule has 70 valence electrons. The van der Waals surface area contributed by atoms with Crippen molar-refractivity contribution in [3.63, 3.8) is 0 Å². The Labute approximate surface area is 78.5 Å². The second-order valence-electron chi connectivity index (χ2n) is 2.67. The van der Waals surface area contributed by atoms with Gasteiger partial charge in [-0.15, -0.1) is 0 Å². The van der Waals surface area contributed by atoms with Crippen LogP contribution in [-0.4, -0.2) is 12.6 Å². The Morgan fingerprint density at radius 1 is 1.42 bits per heavy atom. The molecule has 0 aromatic heterocycles. The predicted molar refractivity (Wildman–Crippen MR) is 50.1 cm³/mol. The number of hydrogen-bond acceptors (Lipinski definition) is 2. The van der Waals surface area contributed by atoms with Gasteiger partial charge in [0.05, 0.1) is 6.61 Å². The summed E-state index contributed by atoms with van der Waals surface area (Å²) >= 11 is 5.56. The maximum absolute atomic E-state index is 10.3. The largest absolute Gasteiger partial charge is 0.466 e. The molecule has 0 saturated heterocycles. The monoisotopic (exact) mass is 190 g/mol. The summed E-state index contributed by atoms with van der Waals surface area (Å²) < 4.78 is 4.75. The minimum absolute atomic E-state index is 0.211. The lowest BCUT2D eigenvalue weighted by atomic mass is 10.2. The molecule has 0 aliphatic heterocycles. The van der Waals surface area contributed by atoms with E-state index in [1.54, 1.807) is 0 Å². The van der Waals surface area contributed by atoms with Gasteiger partial charge in [-0.3, -0.25) is 4.79 Å². The second-order valence-corrected chi connectivity index (χ2v) is 3.20. The summed E-state index contributed by atoms with van der Waals surface area (Å²) in [5.41, 5.74) is 0. The number of rotatable bonds is 6. The molecule has 0 aromatic rings. The summed E-state index contributed by atoms with van der Waals surface area (Å²) in [6, 6.07) is 0. The third kappa shape index (κ3) is 9.50. The number of ether oxygens (including phenoxy) is 1. The van der Waals surface area contributed by atoms with Gasteiger partial charge in [-0.2, -0.15) is 0 Å². The Kier molecular flexibility index (Phi) is 6.87. The van der Waals surface area contributed by atoms with Gasteiger partial charge in [-0.25, -0.2) is 0 Å². The van der Waals surface area contributed by atoms with Crippen LogP contribution in [0.4, 0.5) is 0 Å². The fourth-order valence-electron chi connectivity index (χ4n) is 0.812. The van der Waals surface area contributed by atoms with Gasteiger partial charge in [0.2, 0.25) is 0 Å². The summed E-state index contributed by atoms with van der Waals surface area (Å²) in [7, 11) is 0. The molecule has 0 aliphatic rings. The number of hydrogen-bond donors (Lipinski definition) is 0. The third-order valence-electron chi connectivity index (χ3n) is 1.40. The molecule has 3 heteroatoms. The summed E-state index contributed by atoms with van der Waals surface area (Å²) in [4.78, 5) is 10.3. The van der Waals surface area contributed by atoms with Crippen molar-refractivity contribution < 1.29 is 9.53 Å². The third-order valence-corrected chi connectivity index (χ3v) is 1.59. The first-order chi connectivity index (χ1) is 5.63. The highest BCUT2D eigenvalue weighted by Gasteiger charge is 1.93. The highest BCUT2D eigenvalue weighted by molar-refractivity contribution is 6.29. The van der Waals surface area contributed by atoms with Crippen molar-refractivity contribution in [3.8, 4) is 0 Å². The molecular weight excluding hydrogens is 176 g/mol. The zero-order valence-electron chi connectivity index (χ0n) is 7.44. The molecule has 0 unspecified atom stereocenters. The lowest BCUT2D eigenvalue weighted by Gasteiger charge is -2.00. The van der Waals surface area contributed by atoms with Crippen LogP contribution in [0.15, 0.2) is 11.6 Å². The van der Waals surface area contributed by atoms with Crippen molar-refractivity contribution in [2.24, 2.45) is 0 Å². The maximum atomic E-state index is 10.3. The fourth-order valence-corrected chi connectivity index (χ4v) is 0.945. The lowest BCUT2D eigenvalue weighted by molar-refractivity contribution is -0.141. The fraction of sp³-hybridized carbons (Fsp3) is 0.667. The van der Waals surface area contributed by atoms with Gasteiger partial charge in [0, 0.05) is 12.0 Å². The van der Waals surface area contributed by atoms with E-state index in [0.717, 1.165) is 25.7 Å². The number of esters is 1. The van der Waals surface area contributed by atoms with E-state index in [1.165, 1.54) is 6.92 Å². The predicted octanol–water partition coefficient (Wildman–Crippen LogP) is 2.86. The minimum atomic E-state index is -0.211. The van der Waals surface area contributed by atoms with Crippen LogP contribution in [0.25, 0.3) is 0 Å². The highest BCUT2D eigenvalue weighted by atomic mass is 35.5. The van der Waals surface area contributed by atoms with Crippen LogP contribution in [-0.2, 0) is 9.53 Å². The van der Waals surface area contributed by atoms with Gasteiger partial charge >= 0.3 is 5.97 Å². The van der Waals surface area contributed by atoms with Crippen molar-refractivity contribution in [2.45, 2.75) is 32.6 Å². The zero-order chi connectivity index (χ0) is 9.40. The number of carbonyl (C=O) groups is 1. The number of unbranched alkanes of at least 4 members (excludes halogenated alkanes) is 2. The highest BCUT2D eigenvalue weighted by Crippen LogP contribution is 2.09. The van der Waals surface area contributed by atoms with Crippen LogP contribution >= 0.6 is 11.6 Å². The van der Waals surface area contributed by atoms with Gasteiger partial charge < -0.3 is 4.74 Å². The summed E-state index contributed by atoms with van der Waals surface area (Å²) in [6.07, 6.45) is 3.80. The normalized spacial score (nSPS) is 9.50. The average molecular weight is 191 g/mol. The molecule has 2 nitrogen and oxygen atoms in total. The van der Waals surface area contributed by atoms with Gasteiger partial charge in [0.1, 0.15) is 0 Å². The molecule has 0 radical (unpaired) electrons. The zero-order valence-corrected chi connectivity index (χ0v) is 8.19. The Hall–Kier alpha value is -0.500. The van der Waals surface area contributed by atoms with E-state index >= 15 is 0 Å². The quantitative estimate of drug-likeness (QED) is 0.476. The van der Waals surface area contributed by atoms with Crippen LogP contribution in [0.2, 0.25) is 0 Å². The van der Waals surface area contributed by atoms with Crippen LogP contribution in [0.3, 0.4) is 0 Å². The van der Waals surface area contributed by atoms with Crippen LogP contribution in [0.1, 0.15) is 32.6 Å². The molecule has 0 aliphatic carbocycles. The maximum Gasteiger partial charge on any atom is 0.302 e. The van der Waals surface area contributed by atoms with Gasteiger partial charge in [-0.05, 0) is 25.7 Å². The Morgan fingerprint density at radius 3 is 2.58 bits per heavy atom. The smallest absolute Gasteiger partial charge is 0.302 e. The first-order valence-corrected chi connectivity index (χ1v) is 4.47. The molecular formula is C9H15ClO2. The Balaban J connectivity index is 3.01. The number of allylic oxidation sites excluding steroid dienone is 1. The van der Waals surface area contributed by atoms with Gasteiger partial charge in [0.15, 0.2) is 0 Å². The average Bonchev–Trinajstić information content (AvgIpc) is 1.95. The van der Waals surface area contributed by atoms with Crippen molar-refractivity contribution in [2.75, 3.05) is 6.61 Å². The molecule has 12 heavy (non-hydrogen) atoms. The van der Waals surface area contributed by atoms with Crippen molar-refractivity contribution in [1.82, 2.24) is 0 Å². The first-order valence-electron chi connectivity index (χ1n) is 4.09. The standard InChI is InChI=1S/C9H15ClO2/c1-8(10)6-4-3-5-7-12-9(2)11/h1,3-7H2,2H3. The summed E-state index contributed by atoms with van der Waals surface area (Å²) in [5, 5.41) is 0.697. The number of carbonyl (C=O) groups excluding carboxylic acids is 1. The molecule has 0 fully saturated rings. The molecule has 0 heterocycles. The second kappa shape index (κ2) is 7.17. The van der Waals surface area contributed by atoms with Crippen molar-refractivity contribution in [3.05, 3.63) is 11.6 Å². The summed E-state index contributed by atoms with van der Waals surface area (Å²) in [5.74, 6) is -0.211.